The van der Waals surface area contributed by atoms with Crippen molar-refractivity contribution in [3.63, 3.8) is 0 Å². The first-order chi connectivity index (χ1) is 10.5. The van der Waals surface area contributed by atoms with E-state index in [9.17, 15) is 13.6 Å². The highest BCUT2D eigenvalue weighted by Gasteiger charge is 2.49. The van der Waals surface area contributed by atoms with E-state index in [-0.39, 0.29) is 24.8 Å². The Morgan fingerprint density at radius 2 is 2.14 bits per heavy atom. The van der Waals surface area contributed by atoms with E-state index in [1.54, 1.807) is 11.3 Å². The summed E-state index contributed by atoms with van der Waals surface area (Å²) in [7, 11) is 0. The molecule has 1 aliphatic heterocycles. The number of aromatic nitrogens is 2. The number of fused-ring (bicyclic) bond motifs is 1. The quantitative estimate of drug-likeness (QED) is 0.939. The van der Waals surface area contributed by atoms with Crippen LogP contribution in [0.5, 0.6) is 0 Å². The lowest BCUT2D eigenvalue weighted by atomic mass is 9.80. The highest BCUT2D eigenvalue weighted by molar-refractivity contribution is 7.17. The van der Waals surface area contributed by atoms with E-state index in [1.165, 1.54) is 6.33 Å². The predicted octanol–water partition coefficient (Wildman–Crippen LogP) is 2.04. The van der Waals surface area contributed by atoms with Gasteiger partial charge in [0.2, 0.25) is 11.8 Å². The number of hydrogen-bond donors (Lipinski definition) is 1. The predicted molar refractivity (Wildman–Crippen MR) is 79.2 cm³/mol. The second-order valence-corrected chi connectivity index (χ2v) is 6.82. The minimum Gasteiger partial charge on any atom is -0.351 e. The molecule has 0 unspecified atom stereocenters. The molecule has 1 saturated heterocycles. The van der Waals surface area contributed by atoms with E-state index >= 15 is 0 Å². The van der Waals surface area contributed by atoms with Crippen molar-refractivity contribution < 1.29 is 13.6 Å². The molecule has 5 nitrogen and oxygen atoms in total. The number of carbonyl (C=O) groups is 1. The maximum absolute atomic E-state index is 12.8. The van der Waals surface area contributed by atoms with E-state index in [0.29, 0.717) is 13.1 Å². The maximum Gasteiger partial charge on any atom is 0.249 e. The van der Waals surface area contributed by atoms with Crippen LogP contribution in [0.3, 0.4) is 0 Å². The molecular formula is C14H14F2N4OS. The first kappa shape index (κ1) is 13.8. The van der Waals surface area contributed by atoms with Gasteiger partial charge in [-0.1, -0.05) is 0 Å². The Kier molecular flexibility index (Phi) is 3.04. The molecule has 2 aromatic heterocycles. The smallest absolute Gasteiger partial charge is 0.249 e. The summed E-state index contributed by atoms with van der Waals surface area (Å²) in [5, 5.41) is 4.81. The van der Waals surface area contributed by atoms with Crippen LogP contribution in [0.15, 0.2) is 17.8 Å². The van der Waals surface area contributed by atoms with Gasteiger partial charge < -0.3 is 10.2 Å². The van der Waals surface area contributed by atoms with Gasteiger partial charge in [0.1, 0.15) is 12.1 Å². The van der Waals surface area contributed by atoms with Crippen molar-refractivity contribution in [2.24, 2.45) is 5.92 Å². The summed E-state index contributed by atoms with van der Waals surface area (Å²) in [6, 6.07) is 1.95. The van der Waals surface area contributed by atoms with Crippen LogP contribution in [0.2, 0.25) is 0 Å². The largest absolute Gasteiger partial charge is 0.351 e. The van der Waals surface area contributed by atoms with Gasteiger partial charge in [-0.25, -0.2) is 18.7 Å². The average Bonchev–Trinajstić information content (AvgIpc) is 2.87. The summed E-state index contributed by atoms with van der Waals surface area (Å²) in [5.74, 6) is -2.56. The second-order valence-electron chi connectivity index (χ2n) is 5.90. The van der Waals surface area contributed by atoms with Crippen LogP contribution in [0.4, 0.5) is 14.6 Å². The molecule has 1 amide bonds. The molecule has 2 aliphatic rings. The lowest BCUT2D eigenvalue weighted by molar-refractivity contribution is -0.150. The number of alkyl halides is 2. The van der Waals surface area contributed by atoms with Crippen molar-refractivity contribution in [1.82, 2.24) is 15.3 Å². The lowest BCUT2D eigenvalue weighted by Crippen LogP contribution is -2.61. The highest BCUT2D eigenvalue weighted by Crippen LogP contribution is 2.42. The highest BCUT2D eigenvalue weighted by atomic mass is 32.1. The molecule has 22 heavy (non-hydrogen) atoms. The number of nitrogens with zero attached hydrogens (tertiary/aromatic N) is 3. The van der Waals surface area contributed by atoms with Crippen LogP contribution in [-0.2, 0) is 4.79 Å². The summed E-state index contributed by atoms with van der Waals surface area (Å²) in [4.78, 5) is 22.4. The molecule has 1 saturated carbocycles. The number of nitrogens with one attached hydrogen (secondary N) is 1. The summed E-state index contributed by atoms with van der Waals surface area (Å²) in [6.45, 7) is 1.30. The van der Waals surface area contributed by atoms with Gasteiger partial charge in [-0.05, 0) is 11.4 Å². The number of thiophene rings is 1. The molecule has 0 bridgehead atoms. The number of anilines is 1. The molecule has 1 aliphatic carbocycles. The summed E-state index contributed by atoms with van der Waals surface area (Å²) < 4.78 is 26.6. The summed E-state index contributed by atoms with van der Waals surface area (Å²) in [6.07, 6.45) is 0.890. The van der Waals surface area contributed by atoms with Gasteiger partial charge in [0.05, 0.1) is 16.3 Å². The molecule has 8 heteroatoms. The van der Waals surface area contributed by atoms with Gasteiger partial charge in [-0.2, -0.15) is 0 Å². The van der Waals surface area contributed by atoms with Crippen molar-refractivity contribution in [3.05, 3.63) is 17.8 Å². The van der Waals surface area contributed by atoms with Gasteiger partial charge in [0.25, 0.3) is 0 Å². The SMILES string of the molecule is O=C(NC1CN(c2ncnc3ccsc23)C1)C1CC(F)(F)C1. The van der Waals surface area contributed by atoms with Crippen LogP contribution in [0.25, 0.3) is 10.2 Å². The monoisotopic (exact) mass is 324 g/mol. The average molecular weight is 324 g/mol. The van der Waals surface area contributed by atoms with Crippen LogP contribution in [0, 0.1) is 5.92 Å². The molecule has 116 valence electrons. The van der Waals surface area contributed by atoms with Gasteiger partial charge in [0, 0.05) is 31.8 Å². The van der Waals surface area contributed by atoms with Crippen molar-refractivity contribution in [3.8, 4) is 0 Å². The first-order valence-corrected chi connectivity index (χ1v) is 8.01. The Morgan fingerprint density at radius 1 is 1.36 bits per heavy atom. The summed E-state index contributed by atoms with van der Waals surface area (Å²) >= 11 is 1.59. The van der Waals surface area contributed by atoms with Gasteiger partial charge in [-0.15, -0.1) is 11.3 Å². The Balaban J connectivity index is 1.35. The molecule has 3 heterocycles. The van der Waals surface area contributed by atoms with E-state index in [0.717, 1.165) is 16.0 Å². The zero-order valence-electron chi connectivity index (χ0n) is 11.6. The molecule has 0 aromatic carbocycles. The van der Waals surface area contributed by atoms with Crippen LogP contribution >= 0.6 is 11.3 Å². The Labute approximate surface area is 129 Å². The number of carbonyl (C=O) groups excluding carboxylic acids is 1. The lowest BCUT2D eigenvalue weighted by Gasteiger charge is -2.42. The standard InChI is InChI=1S/C14H14F2N4OS/c15-14(16)3-8(4-14)13(21)19-9-5-20(6-9)12-11-10(1-2-22-11)17-7-18-12/h1-2,7-9H,3-6H2,(H,19,21). The molecule has 4 rings (SSSR count). The zero-order chi connectivity index (χ0) is 15.3. The fraction of sp³-hybridized carbons (Fsp3) is 0.500. The first-order valence-electron chi connectivity index (χ1n) is 7.13. The fourth-order valence-corrected chi connectivity index (χ4v) is 3.77. The third-order valence-electron chi connectivity index (χ3n) is 4.21. The Bertz CT molecular complexity index is 720. The molecule has 2 fully saturated rings. The van der Waals surface area contributed by atoms with Crippen molar-refractivity contribution in [2.75, 3.05) is 18.0 Å². The minimum atomic E-state index is -2.65. The zero-order valence-corrected chi connectivity index (χ0v) is 12.4. The van der Waals surface area contributed by atoms with Gasteiger partial charge >= 0.3 is 0 Å². The van der Waals surface area contributed by atoms with E-state index in [4.69, 9.17) is 0 Å². The van der Waals surface area contributed by atoms with Crippen molar-refractivity contribution >= 4 is 33.3 Å². The number of amides is 1. The van der Waals surface area contributed by atoms with Gasteiger partial charge in [-0.3, -0.25) is 4.79 Å². The molecule has 0 spiro atoms. The third-order valence-corrected chi connectivity index (χ3v) is 5.11. The molecule has 1 N–H and O–H groups in total. The van der Waals surface area contributed by atoms with E-state index in [1.807, 2.05) is 11.4 Å². The molecule has 0 atom stereocenters. The maximum atomic E-state index is 12.8. The molecule has 2 aromatic rings. The Morgan fingerprint density at radius 3 is 2.86 bits per heavy atom. The fourth-order valence-electron chi connectivity index (χ4n) is 2.91. The number of halogens is 2. The van der Waals surface area contributed by atoms with Crippen LogP contribution in [-0.4, -0.2) is 40.9 Å². The molecule has 0 radical (unpaired) electrons. The Hall–Kier alpha value is -1.83. The number of rotatable bonds is 3. The van der Waals surface area contributed by atoms with Crippen molar-refractivity contribution in [1.29, 1.82) is 0 Å². The van der Waals surface area contributed by atoms with Crippen LogP contribution < -0.4 is 10.2 Å². The van der Waals surface area contributed by atoms with E-state index < -0.39 is 11.8 Å². The molecular weight excluding hydrogens is 310 g/mol. The normalized spacial score (nSPS) is 21.5. The second kappa shape index (κ2) is 4.84. The summed E-state index contributed by atoms with van der Waals surface area (Å²) in [5.41, 5.74) is 0.916. The van der Waals surface area contributed by atoms with E-state index in [2.05, 4.69) is 20.2 Å². The topological polar surface area (TPSA) is 58.1 Å². The minimum absolute atomic E-state index is 0.00620. The van der Waals surface area contributed by atoms with Crippen LogP contribution in [0.1, 0.15) is 12.8 Å². The number of hydrogen-bond acceptors (Lipinski definition) is 5. The third kappa shape index (κ3) is 2.31. The van der Waals surface area contributed by atoms with Gasteiger partial charge in [0.15, 0.2) is 0 Å². The van der Waals surface area contributed by atoms with Crippen molar-refractivity contribution in [2.45, 2.75) is 24.8 Å².